The summed E-state index contributed by atoms with van der Waals surface area (Å²) in [6.45, 7) is 3.78. The lowest BCUT2D eigenvalue weighted by molar-refractivity contribution is 0.0937. The van der Waals surface area contributed by atoms with Crippen molar-refractivity contribution in [2.24, 2.45) is 5.41 Å². The zero-order valence-corrected chi connectivity index (χ0v) is 12.6. The zero-order chi connectivity index (χ0) is 12.4. The highest BCUT2D eigenvalue weighted by Crippen LogP contribution is 2.43. The van der Waals surface area contributed by atoms with Crippen LogP contribution in [-0.2, 0) is 12.8 Å². The average Bonchev–Trinajstić information content (AvgIpc) is 2.57. The van der Waals surface area contributed by atoms with E-state index in [2.05, 4.69) is 45.1 Å². The molecule has 0 spiro atoms. The second kappa shape index (κ2) is 5.34. The Morgan fingerprint density at radius 1 is 1.06 bits per heavy atom. The van der Waals surface area contributed by atoms with Crippen molar-refractivity contribution in [3.63, 3.8) is 0 Å². The molecule has 0 N–H and O–H groups in total. The highest BCUT2D eigenvalue weighted by atomic mass is 79.9. The Labute approximate surface area is 119 Å². The maximum absolute atomic E-state index is 3.73. The zero-order valence-electron chi connectivity index (χ0n) is 11.0. The summed E-state index contributed by atoms with van der Waals surface area (Å²) in [5.74, 6) is 0. The molecular formula is C16H22BrN. The van der Waals surface area contributed by atoms with Crippen LogP contribution >= 0.6 is 15.9 Å². The third-order valence-electron chi connectivity index (χ3n) is 4.77. The van der Waals surface area contributed by atoms with Crippen molar-refractivity contribution in [1.82, 2.24) is 4.90 Å². The van der Waals surface area contributed by atoms with Crippen LogP contribution in [0.3, 0.4) is 0 Å². The molecule has 18 heavy (non-hydrogen) atoms. The second-order valence-corrected chi connectivity index (χ2v) is 6.59. The van der Waals surface area contributed by atoms with E-state index in [0.29, 0.717) is 5.41 Å². The Bertz CT molecular complexity index is 379. The van der Waals surface area contributed by atoms with Crippen LogP contribution in [0.5, 0.6) is 0 Å². The van der Waals surface area contributed by atoms with E-state index in [1.165, 1.54) is 57.1 Å². The van der Waals surface area contributed by atoms with Gasteiger partial charge in [0.15, 0.2) is 0 Å². The summed E-state index contributed by atoms with van der Waals surface area (Å²) in [6.07, 6.45) is 6.73. The third-order valence-corrected chi connectivity index (χ3v) is 5.96. The minimum atomic E-state index is 0.594. The van der Waals surface area contributed by atoms with Crippen molar-refractivity contribution >= 4 is 15.9 Å². The predicted molar refractivity (Wildman–Crippen MR) is 80.4 cm³/mol. The Morgan fingerprint density at radius 2 is 1.67 bits per heavy atom. The van der Waals surface area contributed by atoms with Gasteiger partial charge >= 0.3 is 0 Å². The van der Waals surface area contributed by atoms with Crippen molar-refractivity contribution in [2.45, 2.75) is 32.1 Å². The summed E-state index contributed by atoms with van der Waals surface area (Å²) in [5, 5.41) is 1.18. The molecule has 0 unspecified atom stereocenters. The van der Waals surface area contributed by atoms with Gasteiger partial charge in [-0.2, -0.15) is 0 Å². The van der Waals surface area contributed by atoms with Crippen LogP contribution in [0.15, 0.2) is 24.3 Å². The van der Waals surface area contributed by atoms with Gasteiger partial charge in [0.05, 0.1) is 0 Å². The van der Waals surface area contributed by atoms with Crippen LogP contribution in [0.25, 0.3) is 0 Å². The molecule has 1 fully saturated rings. The fraction of sp³-hybridized carbons (Fsp3) is 0.625. The van der Waals surface area contributed by atoms with E-state index in [0.717, 1.165) is 0 Å². The summed E-state index contributed by atoms with van der Waals surface area (Å²) in [7, 11) is 0. The van der Waals surface area contributed by atoms with Gasteiger partial charge in [0.1, 0.15) is 0 Å². The van der Waals surface area contributed by atoms with Crippen molar-refractivity contribution in [3.05, 3.63) is 35.4 Å². The maximum Gasteiger partial charge on any atom is 0.0100 e. The molecule has 1 heterocycles. The molecule has 98 valence electrons. The number of halogens is 1. The standard InChI is InChI=1S/C16H22BrN/c17-12-16(8-3-9-16)13-18-10-6-14-4-1-2-5-15(14)7-11-18/h1-2,4-5H,3,6-13H2. The van der Waals surface area contributed by atoms with Crippen LogP contribution in [-0.4, -0.2) is 29.9 Å². The van der Waals surface area contributed by atoms with Gasteiger partial charge in [-0.15, -0.1) is 0 Å². The largest absolute Gasteiger partial charge is 0.302 e. The quantitative estimate of drug-likeness (QED) is 0.771. The first-order chi connectivity index (χ1) is 8.81. The monoisotopic (exact) mass is 307 g/mol. The molecule has 1 nitrogen and oxygen atoms in total. The van der Waals surface area contributed by atoms with Gasteiger partial charge in [0.25, 0.3) is 0 Å². The Hall–Kier alpha value is -0.340. The molecule has 1 aliphatic carbocycles. The molecule has 1 aromatic carbocycles. The summed E-state index contributed by atoms with van der Waals surface area (Å²) in [4.78, 5) is 2.69. The van der Waals surface area contributed by atoms with Crippen LogP contribution < -0.4 is 0 Å². The number of benzene rings is 1. The van der Waals surface area contributed by atoms with E-state index in [-0.39, 0.29) is 0 Å². The molecule has 0 atom stereocenters. The molecular weight excluding hydrogens is 286 g/mol. The molecule has 2 heteroatoms. The van der Waals surface area contributed by atoms with Crippen molar-refractivity contribution < 1.29 is 0 Å². The first-order valence-electron chi connectivity index (χ1n) is 7.16. The molecule has 1 aromatic rings. The maximum atomic E-state index is 3.73. The van der Waals surface area contributed by atoms with Crippen molar-refractivity contribution in [3.8, 4) is 0 Å². The van der Waals surface area contributed by atoms with Gasteiger partial charge < -0.3 is 4.90 Å². The predicted octanol–water partition coefficient (Wildman–Crippen LogP) is 3.65. The van der Waals surface area contributed by atoms with Crippen molar-refractivity contribution in [2.75, 3.05) is 25.0 Å². The van der Waals surface area contributed by atoms with Gasteiger partial charge in [-0.3, -0.25) is 0 Å². The van der Waals surface area contributed by atoms with E-state index in [1.807, 2.05) is 0 Å². The lowest BCUT2D eigenvalue weighted by Gasteiger charge is -2.44. The minimum absolute atomic E-state index is 0.594. The minimum Gasteiger partial charge on any atom is -0.302 e. The molecule has 2 aliphatic rings. The van der Waals surface area contributed by atoms with Gasteiger partial charge in [-0.1, -0.05) is 46.6 Å². The summed E-state index contributed by atoms with van der Waals surface area (Å²) < 4.78 is 0. The Morgan fingerprint density at radius 3 is 2.11 bits per heavy atom. The number of hydrogen-bond acceptors (Lipinski definition) is 1. The third kappa shape index (κ3) is 2.50. The smallest absolute Gasteiger partial charge is 0.0100 e. The molecule has 0 amide bonds. The van der Waals surface area contributed by atoms with Gasteiger partial charge in [0, 0.05) is 25.0 Å². The van der Waals surface area contributed by atoms with E-state index in [1.54, 1.807) is 11.1 Å². The Balaban J connectivity index is 1.64. The van der Waals surface area contributed by atoms with Crippen LogP contribution in [0, 0.1) is 5.41 Å². The average molecular weight is 308 g/mol. The number of rotatable bonds is 3. The van der Waals surface area contributed by atoms with Gasteiger partial charge in [-0.05, 0) is 42.2 Å². The first-order valence-corrected chi connectivity index (χ1v) is 8.29. The summed E-state index contributed by atoms with van der Waals surface area (Å²) in [5.41, 5.74) is 3.74. The van der Waals surface area contributed by atoms with Gasteiger partial charge in [-0.25, -0.2) is 0 Å². The SMILES string of the molecule is BrCC1(CN2CCc3ccccc3CC2)CCC1. The molecule has 0 saturated heterocycles. The highest BCUT2D eigenvalue weighted by molar-refractivity contribution is 9.09. The van der Waals surface area contributed by atoms with E-state index in [4.69, 9.17) is 0 Å². The number of nitrogens with zero attached hydrogens (tertiary/aromatic N) is 1. The molecule has 0 bridgehead atoms. The normalized spacial score (nSPS) is 22.9. The van der Waals surface area contributed by atoms with E-state index in [9.17, 15) is 0 Å². The van der Waals surface area contributed by atoms with Gasteiger partial charge in [0.2, 0.25) is 0 Å². The van der Waals surface area contributed by atoms with E-state index >= 15 is 0 Å². The fourth-order valence-electron chi connectivity index (χ4n) is 3.36. The molecule has 1 aliphatic heterocycles. The number of alkyl halides is 1. The highest BCUT2D eigenvalue weighted by Gasteiger charge is 2.37. The molecule has 0 aromatic heterocycles. The van der Waals surface area contributed by atoms with Crippen LogP contribution in [0.4, 0.5) is 0 Å². The second-order valence-electron chi connectivity index (χ2n) is 6.03. The fourth-order valence-corrected chi connectivity index (χ4v) is 4.10. The summed E-state index contributed by atoms with van der Waals surface area (Å²) in [6, 6.07) is 8.98. The molecule has 3 rings (SSSR count). The lowest BCUT2D eigenvalue weighted by atomic mass is 9.70. The molecule has 0 radical (unpaired) electrons. The lowest BCUT2D eigenvalue weighted by Crippen LogP contribution is -2.44. The van der Waals surface area contributed by atoms with E-state index < -0.39 is 0 Å². The van der Waals surface area contributed by atoms with Crippen LogP contribution in [0.2, 0.25) is 0 Å². The number of hydrogen-bond donors (Lipinski definition) is 0. The van der Waals surface area contributed by atoms with Crippen molar-refractivity contribution in [1.29, 1.82) is 0 Å². The van der Waals surface area contributed by atoms with Crippen LogP contribution in [0.1, 0.15) is 30.4 Å². The topological polar surface area (TPSA) is 3.24 Å². The Kier molecular flexibility index (Phi) is 3.76. The molecule has 1 saturated carbocycles. The first kappa shape index (κ1) is 12.7. The number of fused-ring (bicyclic) bond motifs is 1. The summed E-state index contributed by atoms with van der Waals surface area (Å²) >= 11 is 3.73.